The molecule has 3 heterocycles. The smallest absolute Gasteiger partial charge is 0.258 e. The Morgan fingerprint density at radius 3 is 2.48 bits per heavy atom. The molecule has 0 spiro atoms. The summed E-state index contributed by atoms with van der Waals surface area (Å²) in [5, 5.41) is 2.73. The Labute approximate surface area is 180 Å². The van der Waals surface area contributed by atoms with E-state index in [1.54, 1.807) is 25.3 Å². The maximum absolute atomic E-state index is 12.9. The maximum atomic E-state index is 12.9. The van der Waals surface area contributed by atoms with Gasteiger partial charge in [-0.25, -0.2) is 8.42 Å². The molecule has 0 bridgehead atoms. The third-order valence-electron chi connectivity index (χ3n) is 5.00. The third-order valence-corrected chi connectivity index (χ3v) is 6.11. The number of carbonyl (C=O) groups excluding carboxylic acids is 1. The second kappa shape index (κ2) is 8.38. The molecule has 1 N–H and O–H groups in total. The summed E-state index contributed by atoms with van der Waals surface area (Å²) in [4.78, 5) is 32.8. The summed E-state index contributed by atoms with van der Waals surface area (Å²) in [6, 6.07) is 9.82. The van der Waals surface area contributed by atoms with Gasteiger partial charge in [0.15, 0.2) is 15.7 Å². The van der Waals surface area contributed by atoms with Crippen LogP contribution in [0.5, 0.6) is 0 Å². The number of nitrogens with one attached hydrogen (secondary N) is 1. The van der Waals surface area contributed by atoms with E-state index in [1.807, 2.05) is 6.07 Å². The van der Waals surface area contributed by atoms with Crippen molar-refractivity contribution in [2.45, 2.75) is 24.7 Å². The van der Waals surface area contributed by atoms with Crippen LogP contribution in [0.4, 0.5) is 11.9 Å². The Morgan fingerprint density at radius 1 is 1.06 bits per heavy atom. The number of aromatic nitrogens is 4. The molecule has 31 heavy (non-hydrogen) atoms. The van der Waals surface area contributed by atoms with Crippen LogP contribution < -0.4 is 10.2 Å². The molecule has 0 radical (unpaired) electrons. The average Bonchev–Trinajstić information content (AvgIpc) is 3.28. The Kier molecular flexibility index (Phi) is 5.64. The number of benzene rings is 1. The minimum absolute atomic E-state index is 0.120. The number of hydrogen-bond donors (Lipinski definition) is 1. The van der Waals surface area contributed by atoms with E-state index in [9.17, 15) is 13.2 Å². The van der Waals surface area contributed by atoms with Gasteiger partial charge in [0.2, 0.25) is 11.9 Å². The molecule has 9 nitrogen and oxygen atoms in total. The topological polar surface area (TPSA) is 118 Å². The molecule has 10 heteroatoms. The summed E-state index contributed by atoms with van der Waals surface area (Å²) in [6.45, 7) is 3.36. The molecule has 3 aromatic rings. The van der Waals surface area contributed by atoms with Gasteiger partial charge in [-0.1, -0.05) is 6.07 Å². The van der Waals surface area contributed by atoms with Crippen LogP contribution >= 0.6 is 0 Å². The molecule has 0 unspecified atom stereocenters. The number of nitrogens with zero attached hydrogens (tertiary/aromatic N) is 5. The lowest BCUT2D eigenvalue weighted by molar-refractivity contribution is 0.102. The van der Waals surface area contributed by atoms with Crippen molar-refractivity contribution in [1.82, 2.24) is 19.9 Å². The van der Waals surface area contributed by atoms with Gasteiger partial charge in [0.05, 0.1) is 4.90 Å². The highest BCUT2D eigenvalue weighted by molar-refractivity contribution is 7.90. The molecule has 1 amide bonds. The predicted octanol–water partition coefficient (Wildman–Crippen LogP) is 2.50. The van der Waals surface area contributed by atoms with E-state index in [-0.39, 0.29) is 10.8 Å². The van der Waals surface area contributed by atoms with Crippen LogP contribution in [-0.4, -0.2) is 53.6 Å². The second-order valence-corrected chi connectivity index (χ2v) is 9.41. The molecule has 1 fully saturated rings. The molecule has 0 aliphatic carbocycles. The number of sulfone groups is 1. The van der Waals surface area contributed by atoms with Gasteiger partial charge >= 0.3 is 0 Å². The highest BCUT2D eigenvalue weighted by Gasteiger charge is 2.20. The van der Waals surface area contributed by atoms with E-state index in [0.717, 1.165) is 32.2 Å². The Morgan fingerprint density at radius 2 is 1.84 bits per heavy atom. The van der Waals surface area contributed by atoms with Crippen LogP contribution in [0.3, 0.4) is 0 Å². The van der Waals surface area contributed by atoms with Crippen LogP contribution in [0.25, 0.3) is 11.5 Å². The second-order valence-electron chi connectivity index (χ2n) is 7.39. The van der Waals surface area contributed by atoms with Crippen molar-refractivity contribution in [1.29, 1.82) is 0 Å². The predicted molar refractivity (Wildman–Crippen MR) is 117 cm³/mol. The molecule has 2 aromatic heterocycles. The van der Waals surface area contributed by atoms with E-state index in [2.05, 4.69) is 30.2 Å². The van der Waals surface area contributed by atoms with Gasteiger partial charge in [-0.3, -0.25) is 15.1 Å². The molecule has 4 rings (SSSR count). The number of rotatable bonds is 5. The van der Waals surface area contributed by atoms with Crippen molar-refractivity contribution < 1.29 is 13.2 Å². The van der Waals surface area contributed by atoms with Gasteiger partial charge in [0.25, 0.3) is 5.91 Å². The summed E-state index contributed by atoms with van der Waals surface area (Å²) in [7, 11) is -3.36. The highest BCUT2D eigenvalue weighted by Crippen LogP contribution is 2.22. The fourth-order valence-corrected chi connectivity index (χ4v) is 4.09. The number of pyridine rings is 1. The molecule has 1 aliphatic rings. The molecular weight excluding hydrogens is 416 g/mol. The highest BCUT2D eigenvalue weighted by atomic mass is 32.2. The zero-order chi connectivity index (χ0) is 22.0. The first-order valence-electron chi connectivity index (χ1n) is 9.86. The van der Waals surface area contributed by atoms with E-state index in [0.29, 0.717) is 28.6 Å². The Hall–Kier alpha value is -3.40. The van der Waals surface area contributed by atoms with Gasteiger partial charge < -0.3 is 4.90 Å². The monoisotopic (exact) mass is 438 g/mol. The van der Waals surface area contributed by atoms with Crippen molar-refractivity contribution in [3.8, 4) is 11.5 Å². The van der Waals surface area contributed by atoms with E-state index in [4.69, 9.17) is 0 Å². The summed E-state index contributed by atoms with van der Waals surface area (Å²) in [5.74, 6) is 0.557. The first-order valence-corrected chi connectivity index (χ1v) is 11.7. The normalized spacial score (nSPS) is 13.9. The average molecular weight is 439 g/mol. The Balaban J connectivity index is 1.67. The fourth-order valence-electron chi connectivity index (χ4n) is 3.38. The summed E-state index contributed by atoms with van der Waals surface area (Å²) in [6.07, 6.45) is 4.89. The fraction of sp³-hybridized carbons (Fsp3) is 0.286. The van der Waals surface area contributed by atoms with Crippen LogP contribution in [-0.2, 0) is 9.84 Å². The number of anilines is 2. The zero-order valence-corrected chi connectivity index (χ0v) is 18.1. The lowest BCUT2D eigenvalue weighted by Gasteiger charge is -2.17. The Bertz CT molecular complexity index is 1230. The summed E-state index contributed by atoms with van der Waals surface area (Å²) in [5.41, 5.74) is 1.46. The minimum Gasteiger partial charge on any atom is -0.341 e. The van der Waals surface area contributed by atoms with Crippen molar-refractivity contribution in [3.05, 3.63) is 53.7 Å². The van der Waals surface area contributed by atoms with Crippen molar-refractivity contribution in [2.24, 2.45) is 0 Å². The lowest BCUT2D eigenvalue weighted by atomic mass is 10.1. The number of carbonyl (C=O) groups is 1. The molecule has 1 saturated heterocycles. The van der Waals surface area contributed by atoms with Crippen LogP contribution in [0.2, 0.25) is 0 Å². The van der Waals surface area contributed by atoms with E-state index >= 15 is 0 Å². The lowest BCUT2D eigenvalue weighted by Crippen LogP contribution is -2.23. The largest absolute Gasteiger partial charge is 0.341 e. The van der Waals surface area contributed by atoms with Gasteiger partial charge in [0.1, 0.15) is 5.69 Å². The number of amides is 1. The molecule has 0 atom stereocenters. The van der Waals surface area contributed by atoms with E-state index in [1.165, 1.54) is 18.2 Å². The molecule has 0 saturated carbocycles. The van der Waals surface area contributed by atoms with Crippen molar-refractivity contribution in [3.63, 3.8) is 0 Å². The first-order chi connectivity index (χ1) is 14.8. The quantitative estimate of drug-likeness (QED) is 0.645. The van der Waals surface area contributed by atoms with Gasteiger partial charge in [-0.2, -0.15) is 15.0 Å². The maximum Gasteiger partial charge on any atom is 0.258 e. The minimum atomic E-state index is -3.36. The summed E-state index contributed by atoms with van der Waals surface area (Å²) >= 11 is 0. The third kappa shape index (κ3) is 4.69. The SMILES string of the molecule is Cc1cc(S(C)(=O)=O)ccc1C(=O)Nc1nc(-c2ccccn2)nc(N2CCCC2)n1. The first kappa shape index (κ1) is 20.9. The number of aryl methyl sites for hydroxylation is 1. The molecule has 1 aliphatic heterocycles. The molecule has 160 valence electrons. The van der Waals surface area contributed by atoms with Gasteiger partial charge in [-0.15, -0.1) is 0 Å². The zero-order valence-electron chi connectivity index (χ0n) is 17.2. The summed E-state index contributed by atoms with van der Waals surface area (Å²) < 4.78 is 23.5. The van der Waals surface area contributed by atoms with Crippen LogP contribution in [0.15, 0.2) is 47.5 Å². The molecular formula is C21H22N6O3S. The standard InChI is InChI=1S/C21H22N6O3S/c1-14-13-15(31(2,29)30)8-9-16(14)19(28)25-20-23-18(17-7-3-4-10-22-17)24-21(26-20)27-11-5-6-12-27/h3-4,7-10,13H,5-6,11-12H2,1-2H3,(H,23,24,25,26,28). The van der Waals surface area contributed by atoms with Gasteiger partial charge in [-0.05, 0) is 55.7 Å². The van der Waals surface area contributed by atoms with Gasteiger partial charge in [0, 0.05) is 31.1 Å². The molecule has 1 aromatic carbocycles. The van der Waals surface area contributed by atoms with E-state index < -0.39 is 15.7 Å². The van der Waals surface area contributed by atoms with Crippen molar-refractivity contribution in [2.75, 3.05) is 29.6 Å². The van der Waals surface area contributed by atoms with Crippen LogP contribution in [0.1, 0.15) is 28.8 Å². The van der Waals surface area contributed by atoms with Crippen LogP contribution in [0, 0.1) is 6.92 Å². The number of hydrogen-bond acceptors (Lipinski definition) is 8. The van der Waals surface area contributed by atoms with Crippen molar-refractivity contribution >= 4 is 27.6 Å².